The summed E-state index contributed by atoms with van der Waals surface area (Å²) in [5.74, 6) is -0.372. The van der Waals surface area contributed by atoms with Crippen LogP contribution in [0, 0.1) is 5.82 Å². The summed E-state index contributed by atoms with van der Waals surface area (Å²) in [5, 5.41) is 5.20. The molecule has 3 nitrogen and oxygen atoms in total. The lowest BCUT2D eigenvalue weighted by Crippen LogP contribution is -1.95. The highest BCUT2D eigenvalue weighted by atomic mass is 35.5. The van der Waals surface area contributed by atoms with Crippen LogP contribution in [0.15, 0.2) is 48.7 Å². The fraction of sp³-hybridized carbons (Fsp3) is 0. The van der Waals surface area contributed by atoms with Crippen LogP contribution in [-0.4, -0.2) is 9.78 Å². The first-order chi connectivity index (χ1) is 10.1. The molecule has 2 aromatic carbocycles. The third-order valence-corrected chi connectivity index (χ3v) is 3.78. The number of halogens is 3. The second-order valence-corrected chi connectivity index (χ2v) is 5.27. The van der Waals surface area contributed by atoms with E-state index in [1.54, 1.807) is 47.3 Å². The second-order valence-electron chi connectivity index (χ2n) is 4.46. The van der Waals surface area contributed by atoms with Crippen LogP contribution in [0.5, 0.6) is 0 Å². The van der Waals surface area contributed by atoms with Crippen LogP contribution in [0.1, 0.15) is 0 Å². The Morgan fingerprint density at radius 3 is 2.52 bits per heavy atom. The predicted octanol–water partition coefficient (Wildman–Crippen LogP) is 4.57. The molecule has 106 valence electrons. The van der Waals surface area contributed by atoms with Crippen molar-refractivity contribution in [2.75, 3.05) is 5.73 Å². The normalized spacial score (nSPS) is 10.8. The number of nitrogens with two attached hydrogens (primary N) is 1. The van der Waals surface area contributed by atoms with Crippen LogP contribution in [0.25, 0.3) is 16.9 Å². The quantitative estimate of drug-likeness (QED) is 0.751. The largest absolute Gasteiger partial charge is 0.396 e. The van der Waals surface area contributed by atoms with Crippen molar-refractivity contribution in [2.45, 2.75) is 0 Å². The molecule has 21 heavy (non-hydrogen) atoms. The van der Waals surface area contributed by atoms with E-state index in [4.69, 9.17) is 28.9 Å². The molecule has 1 aromatic heterocycles. The summed E-state index contributed by atoms with van der Waals surface area (Å²) >= 11 is 11.9. The van der Waals surface area contributed by atoms with Crippen LogP contribution < -0.4 is 5.73 Å². The summed E-state index contributed by atoms with van der Waals surface area (Å²) in [6, 6.07) is 11.4. The Kier molecular flexibility index (Phi) is 3.57. The first-order valence-electron chi connectivity index (χ1n) is 6.12. The molecule has 0 aliphatic rings. The number of benzene rings is 2. The average Bonchev–Trinajstić information content (AvgIpc) is 2.84. The van der Waals surface area contributed by atoms with Gasteiger partial charge in [0.05, 0.1) is 27.6 Å². The molecule has 0 amide bonds. The first-order valence-corrected chi connectivity index (χ1v) is 6.87. The van der Waals surface area contributed by atoms with Crippen LogP contribution in [0.2, 0.25) is 10.0 Å². The lowest BCUT2D eigenvalue weighted by Gasteiger charge is -2.03. The summed E-state index contributed by atoms with van der Waals surface area (Å²) < 4.78 is 15.4. The molecule has 0 radical (unpaired) electrons. The average molecular weight is 322 g/mol. The van der Waals surface area contributed by atoms with E-state index in [0.717, 1.165) is 0 Å². The molecule has 0 aliphatic heterocycles. The third kappa shape index (κ3) is 2.60. The number of nitrogens with zero attached hydrogens (tertiary/aromatic N) is 2. The Hall–Kier alpha value is -2.04. The minimum absolute atomic E-state index is 0.355. The Bertz CT molecular complexity index is 814. The van der Waals surface area contributed by atoms with Gasteiger partial charge >= 0.3 is 0 Å². The smallest absolute Gasteiger partial charge is 0.132 e. The van der Waals surface area contributed by atoms with Crippen LogP contribution in [-0.2, 0) is 0 Å². The first kappa shape index (κ1) is 13.9. The van der Waals surface area contributed by atoms with Crippen LogP contribution >= 0.6 is 23.2 Å². The van der Waals surface area contributed by atoms with E-state index >= 15 is 0 Å². The van der Waals surface area contributed by atoms with Gasteiger partial charge in [-0.2, -0.15) is 5.10 Å². The summed E-state index contributed by atoms with van der Waals surface area (Å²) in [5.41, 5.74) is 7.76. The maximum Gasteiger partial charge on any atom is 0.132 e. The summed E-state index contributed by atoms with van der Waals surface area (Å²) in [6.07, 6.45) is 1.61. The zero-order chi connectivity index (χ0) is 15.0. The number of anilines is 1. The second kappa shape index (κ2) is 5.39. The van der Waals surface area contributed by atoms with E-state index in [0.29, 0.717) is 32.7 Å². The third-order valence-electron chi connectivity index (χ3n) is 3.04. The van der Waals surface area contributed by atoms with Gasteiger partial charge in [-0.15, -0.1) is 0 Å². The molecule has 0 aliphatic carbocycles. The zero-order valence-electron chi connectivity index (χ0n) is 10.7. The van der Waals surface area contributed by atoms with E-state index in [1.165, 1.54) is 6.07 Å². The molecule has 6 heteroatoms. The zero-order valence-corrected chi connectivity index (χ0v) is 12.2. The van der Waals surface area contributed by atoms with Gasteiger partial charge in [0.1, 0.15) is 11.5 Å². The van der Waals surface area contributed by atoms with Gasteiger partial charge in [-0.25, -0.2) is 9.07 Å². The van der Waals surface area contributed by atoms with Crippen molar-refractivity contribution in [2.24, 2.45) is 0 Å². The van der Waals surface area contributed by atoms with Gasteiger partial charge in [-0.05, 0) is 30.3 Å². The number of aromatic nitrogens is 2. The molecule has 0 spiro atoms. The van der Waals surface area contributed by atoms with E-state index in [1.807, 2.05) is 0 Å². The maximum absolute atomic E-state index is 13.8. The van der Waals surface area contributed by atoms with E-state index in [-0.39, 0.29) is 5.82 Å². The van der Waals surface area contributed by atoms with Crippen molar-refractivity contribution in [3.8, 4) is 16.9 Å². The molecule has 2 N–H and O–H groups in total. The standard InChI is InChI=1S/C15H10Cl2FN3/c16-11-6-5-9(7-12(11)17)21-8-14(19)15(20-21)10-3-1-2-4-13(10)18/h1-8H,19H2. The maximum atomic E-state index is 13.8. The van der Waals surface area contributed by atoms with Crippen molar-refractivity contribution in [3.63, 3.8) is 0 Å². The molecule has 0 saturated carbocycles. The van der Waals surface area contributed by atoms with Crippen molar-refractivity contribution >= 4 is 28.9 Å². The van der Waals surface area contributed by atoms with E-state index in [9.17, 15) is 4.39 Å². The van der Waals surface area contributed by atoms with Gasteiger partial charge in [0.25, 0.3) is 0 Å². The summed E-state index contributed by atoms with van der Waals surface area (Å²) in [6.45, 7) is 0. The van der Waals surface area contributed by atoms with Crippen molar-refractivity contribution < 1.29 is 4.39 Å². The van der Waals surface area contributed by atoms with Gasteiger partial charge in [0, 0.05) is 5.56 Å². The van der Waals surface area contributed by atoms with Crippen molar-refractivity contribution in [1.82, 2.24) is 9.78 Å². The van der Waals surface area contributed by atoms with Gasteiger partial charge in [-0.3, -0.25) is 0 Å². The lowest BCUT2D eigenvalue weighted by molar-refractivity contribution is 0.630. The Labute approximate surface area is 130 Å². The van der Waals surface area contributed by atoms with Gasteiger partial charge in [0.2, 0.25) is 0 Å². The number of rotatable bonds is 2. The Morgan fingerprint density at radius 1 is 1.05 bits per heavy atom. The van der Waals surface area contributed by atoms with Crippen LogP contribution in [0.3, 0.4) is 0 Å². The topological polar surface area (TPSA) is 43.8 Å². The molecule has 3 aromatic rings. The number of nitrogen functional groups attached to an aromatic ring is 1. The molecule has 0 atom stereocenters. The minimum atomic E-state index is -0.372. The predicted molar refractivity (Wildman–Crippen MR) is 83.4 cm³/mol. The van der Waals surface area contributed by atoms with E-state index in [2.05, 4.69) is 5.10 Å². The molecule has 0 saturated heterocycles. The SMILES string of the molecule is Nc1cn(-c2ccc(Cl)c(Cl)c2)nc1-c1ccccc1F. The molecule has 0 bridgehead atoms. The molecular formula is C15H10Cl2FN3. The molecular weight excluding hydrogens is 312 g/mol. The van der Waals surface area contributed by atoms with Gasteiger partial charge in [0.15, 0.2) is 0 Å². The molecule has 1 heterocycles. The number of hydrogen-bond donors (Lipinski definition) is 1. The summed E-state index contributed by atoms with van der Waals surface area (Å²) in [7, 11) is 0. The molecule has 0 fully saturated rings. The highest BCUT2D eigenvalue weighted by Crippen LogP contribution is 2.29. The Balaban J connectivity index is 2.09. The molecule has 3 rings (SSSR count). The highest BCUT2D eigenvalue weighted by Gasteiger charge is 2.13. The highest BCUT2D eigenvalue weighted by molar-refractivity contribution is 6.42. The minimum Gasteiger partial charge on any atom is -0.396 e. The summed E-state index contributed by atoms with van der Waals surface area (Å²) in [4.78, 5) is 0. The number of hydrogen-bond acceptors (Lipinski definition) is 2. The fourth-order valence-corrected chi connectivity index (χ4v) is 2.30. The monoisotopic (exact) mass is 321 g/mol. The fourth-order valence-electron chi connectivity index (χ4n) is 2.01. The van der Waals surface area contributed by atoms with E-state index < -0.39 is 0 Å². The van der Waals surface area contributed by atoms with Crippen LogP contribution in [0.4, 0.5) is 10.1 Å². The van der Waals surface area contributed by atoms with Gasteiger partial charge < -0.3 is 5.73 Å². The molecule has 0 unspecified atom stereocenters. The van der Waals surface area contributed by atoms with Crippen molar-refractivity contribution in [1.29, 1.82) is 0 Å². The lowest BCUT2D eigenvalue weighted by atomic mass is 10.1. The Morgan fingerprint density at radius 2 is 1.81 bits per heavy atom. The van der Waals surface area contributed by atoms with Crippen molar-refractivity contribution in [3.05, 3.63) is 64.5 Å². The van der Waals surface area contributed by atoms with Gasteiger partial charge in [-0.1, -0.05) is 35.3 Å².